The minimum atomic E-state index is -0.254. The normalized spacial score (nSPS) is 20.2. The van der Waals surface area contributed by atoms with Crippen molar-refractivity contribution in [1.29, 1.82) is 0 Å². The smallest absolute Gasteiger partial charge is 0.222 e. The topological polar surface area (TPSA) is 66.0 Å². The van der Waals surface area contributed by atoms with Crippen molar-refractivity contribution < 1.29 is 13.9 Å². The molecule has 1 aromatic carbocycles. The Kier molecular flexibility index (Phi) is 10.00. The molecule has 0 aromatic heterocycles. The molecule has 152 valence electrons. The number of carbonyl (C=O) groups is 1. The lowest BCUT2D eigenvalue weighted by Crippen LogP contribution is -2.51. The molecule has 1 aliphatic heterocycles. The number of guanidine groups is 1. The van der Waals surface area contributed by atoms with E-state index in [4.69, 9.17) is 4.74 Å². The zero-order valence-electron chi connectivity index (χ0n) is 16.4. The maximum Gasteiger partial charge on any atom is 0.222 e. The third-order valence-corrected chi connectivity index (χ3v) is 4.25. The van der Waals surface area contributed by atoms with Gasteiger partial charge in [0.2, 0.25) is 5.91 Å². The Bertz CT molecular complexity index is 625. The van der Waals surface area contributed by atoms with Gasteiger partial charge in [0, 0.05) is 32.6 Å². The number of ether oxygens (including phenoxy) is 1. The van der Waals surface area contributed by atoms with Crippen LogP contribution < -0.4 is 10.6 Å². The van der Waals surface area contributed by atoms with E-state index in [0.717, 1.165) is 18.1 Å². The quantitative estimate of drug-likeness (QED) is 0.287. The van der Waals surface area contributed by atoms with E-state index in [1.165, 1.54) is 12.1 Å². The Balaban J connectivity index is 0.00000364. The fourth-order valence-corrected chi connectivity index (χ4v) is 2.88. The molecule has 2 atom stereocenters. The Morgan fingerprint density at radius 1 is 1.26 bits per heavy atom. The molecule has 1 heterocycles. The van der Waals surface area contributed by atoms with E-state index in [1.54, 1.807) is 19.2 Å². The third kappa shape index (κ3) is 7.25. The van der Waals surface area contributed by atoms with Crippen LogP contribution in [0.4, 0.5) is 4.39 Å². The molecule has 2 rings (SSSR count). The molecule has 0 saturated carbocycles. The Labute approximate surface area is 178 Å². The Morgan fingerprint density at radius 3 is 2.48 bits per heavy atom. The molecule has 1 amide bonds. The Hall–Kier alpha value is -1.42. The number of carbonyl (C=O) groups excluding carboxylic acids is 1. The first-order valence-electron chi connectivity index (χ1n) is 9.05. The van der Waals surface area contributed by atoms with Gasteiger partial charge in [-0.1, -0.05) is 26.0 Å². The van der Waals surface area contributed by atoms with Crippen molar-refractivity contribution in [1.82, 2.24) is 15.5 Å². The number of amides is 1. The lowest BCUT2D eigenvalue weighted by atomic mass is 10.1. The first-order chi connectivity index (χ1) is 12.4. The molecule has 0 bridgehead atoms. The van der Waals surface area contributed by atoms with Crippen LogP contribution in [0.25, 0.3) is 0 Å². The van der Waals surface area contributed by atoms with E-state index >= 15 is 0 Å². The van der Waals surface area contributed by atoms with Crippen molar-refractivity contribution in [3.8, 4) is 0 Å². The highest BCUT2D eigenvalue weighted by Crippen LogP contribution is 2.25. The summed E-state index contributed by atoms with van der Waals surface area (Å²) in [5.41, 5.74) is 0.947. The summed E-state index contributed by atoms with van der Waals surface area (Å²) < 4.78 is 19.2. The van der Waals surface area contributed by atoms with Crippen LogP contribution in [0.5, 0.6) is 0 Å². The molecule has 1 aromatic rings. The van der Waals surface area contributed by atoms with Gasteiger partial charge in [-0.2, -0.15) is 0 Å². The monoisotopic (exact) mass is 492 g/mol. The number of aliphatic imine (C=N–C) groups is 1. The van der Waals surface area contributed by atoms with E-state index in [2.05, 4.69) is 20.5 Å². The molecule has 2 unspecified atom stereocenters. The highest BCUT2D eigenvalue weighted by molar-refractivity contribution is 14.0. The molecule has 8 heteroatoms. The summed E-state index contributed by atoms with van der Waals surface area (Å²) in [5, 5.41) is 6.16. The van der Waals surface area contributed by atoms with Crippen LogP contribution in [0.15, 0.2) is 29.3 Å². The maximum absolute atomic E-state index is 13.2. The lowest BCUT2D eigenvalue weighted by Gasteiger charge is -2.38. The summed E-state index contributed by atoms with van der Waals surface area (Å²) in [6.45, 7) is 8.23. The van der Waals surface area contributed by atoms with Gasteiger partial charge in [-0.15, -0.1) is 24.0 Å². The predicted octanol–water partition coefficient (Wildman–Crippen LogP) is 2.55. The number of rotatable bonds is 5. The van der Waals surface area contributed by atoms with Crippen LogP contribution in [-0.4, -0.2) is 56.1 Å². The SMILES string of the molecule is CN=C(NCCNC(=O)C(C)C)N1CC(C)OC(c2ccc(F)cc2)C1.I. The second kappa shape index (κ2) is 11.4. The van der Waals surface area contributed by atoms with Crippen molar-refractivity contribution in [3.63, 3.8) is 0 Å². The summed E-state index contributed by atoms with van der Waals surface area (Å²) in [6, 6.07) is 6.42. The molecular formula is C19H30FIN4O2. The second-order valence-corrected chi connectivity index (χ2v) is 6.81. The minimum Gasteiger partial charge on any atom is -0.367 e. The summed E-state index contributed by atoms with van der Waals surface area (Å²) in [7, 11) is 1.74. The molecule has 0 spiro atoms. The Morgan fingerprint density at radius 2 is 1.89 bits per heavy atom. The molecular weight excluding hydrogens is 462 g/mol. The van der Waals surface area contributed by atoms with Gasteiger partial charge in [0.1, 0.15) is 11.9 Å². The standard InChI is InChI=1S/C19H29FN4O2.HI/c1-13(2)18(25)22-9-10-23-19(21-4)24-11-14(3)26-17(12-24)15-5-7-16(20)8-6-15;/h5-8,13-14,17H,9-12H2,1-4H3,(H,21,23)(H,22,25);1H. The average Bonchev–Trinajstić information content (AvgIpc) is 2.61. The van der Waals surface area contributed by atoms with E-state index in [1.807, 2.05) is 20.8 Å². The number of nitrogens with zero attached hydrogens (tertiary/aromatic N) is 2. The van der Waals surface area contributed by atoms with Gasteiger partial charge in [-0.05, 0) is 24.6 Å². The summed E-state index contributed by atoms with van der Waals surface area (Å²) in [4.78, 5) is 18.1. The number of hydrogen-bond donors (Lipinski definition) is 2. The molecule has 0 radical (unpaired) electrons. The van der Waals surface area contributed by atoms with Crippen LogP contribution in [0.3, 0.4) is 0 Å². The summed E-state index contributed by atoms with van der Waals surface area (Å²) in [6.07, 6.45) is -0.114. The van der Waals surface area contributed by atoms with E-state index in [9.17, 15) is 9.18 Å². The van der Waals surface area contributed by atoms with Gasteiger partial charge in [-0.3, -0.25) is 9.79 Å². The molecule has 2 N–H and O–H groups in total. The zero-order chi connectivity index (χ0) is 19.1. The fourth-order valence-electron chi connectivity index (χ4n) is 2.88. The van der Waals surface area contributed by atoms with Crippen LogP contribution in [0.2, 0.25) is 0 Å². The van der Waals surface area contributed by atoms with Gasteiger partial charge >= 0.3 is 0 Å². The minimum absolute atomic E-state index is 0. The van der Waals surface area contributed by atoms with Crippen LogP contribution in [-0.2, 0) is 9.53 Å². The summed E-state index contributed by atoms with van der Waals surface area (Å²) >= 11 is 0. The highest BCUT2D eigenvalue weighted by atomic mass is 127. The van der Waals surface area contributed by atoms with Crippen molar-refractivity contribution in [3.05, 3.63) is 35.6 Å². The molecule has 6 nitrogen and oxygen atoms in total. The number of morpholine rings is 1. The van der Waals surface area contributed by atoms with E-state index < -0.39 is 0 Å². The summed E-state index contributed by atoms with van der Waals surface area (Å²) in [5.74, 6) is 0.533. The molecule has 1 aliphatic rings. The first-order valence-corrected chi connectivity index (χ1v) is 9.05. The number of halogens is 2. The lowest BCUT2D eigenvalue weighted by molar-refractivity contribution is -0.123. The predicted molar refractivity (Wildman–Crippen MR) is 116 cm³/mol. The average molecular weight is 492 g/mol. The number of hydrogen-bond acceptors (Lipinski definition) is 3. The van der Waals surface area contributed by atoms with E-state index in [-0.39, 0.29) is 53.8 Å². The van der Waals surface area contributed by atoms with Gasteiger partial charge < -0.3 is 20.3 Å². The van der Waals surface area contributed by atoms with Gasteiger partial charge in [0.25, 0.3) is 0 Å². The van der Waals surface area contributed by atoms with Crippen molar-refractivity contribution in [2.75, 3.05) is 33.2 Å². The molecule has 27 heavy (non-hydrogen) atoms. The number of benzene rings is 1. The van der Waals surface area contributed by atoms with Gasteiger partial charge in [0.05, 0.1) is 12.6 Å². The van der Waals surface area contributed by atoms with Crippen molar-refractivity contribution in [2.24, 2.45) is 10.9 Å². The highest BCUT2D eigenvalue weighted by Gasteiger charge is 2.28. The maximum atomic E-state index is 13.2. The first kappa shape index (κ1) is 23.6. The number of nitrogens with one attached hydrogen (secondary N) is 2. The van der Waals surface area contributed by atoms with Crippen LogP contribution in [0, 0.1) is 11.7 Å². The molecule has 1 fully saturated rings. The molecule has 1 saturated heterocycles. The largest absolute Gasteiger partial charge is 0.367 e. The third-order valence-electron chi connectivity index (χ3n) is 4.25. The zero-order valence-corrected chi connectivity index (χ0v) is 18.7. The van der Waals surface area contributed by atoms with Crippen LogP contribution in [0.1, 0.15) is 32.4 Å². The van der Waals surface area contributed by atoms with Crippen LogP contribution >= 0.6 is 24.0 Å². The van der Waals surface area contributed by atoms with Crippen molar-refractivity contribution in [2.45, 2.75) is 33.0 Å². The van der Waals surface area contributed by atoms with E-state index in [0.29, 0.717) is 19.6 Å². The second-order valence-electron chi connectivity index (χ2n) is 6.81. The fraction of sp³-hybridized carbons (Fsp3) is 0.579. The van der Waals surface area contributed by atoms with Gasteiger partial charge in [0.15, 0.2) is 5.96 Å². The van der Waals surface area contributed by atoms with Crippen molar-refractivity contribution >= 4 is 35.8 Å². The van der Waals surface area contributed by atoms with Gasteiger partial charge in [-0.25, -0.2) is 4.39 Å². The molecule has 0 aliphatic carbocycles.